The maximum absolute atomic E-state index is 2.31. The first-order chi connectivity index (χ1) is 6.41. The van der Waals surface area contributed by atoms with Gasteiger partial charge in [0, 0.05) is 0 Å². The van der Waals surface area contributed by atoms with Crippen LogP contribution in [0, 0.1) is 0 Å². The number of hydrogen-bond donors (Lipinski definition) is 0. The average Bonchev–Trinajstić information content (AvgIpc) is 2.16. The van der Waals surface area contributed by atoms with E-state index in [4.69, 9.17) is 0 Å². The van der Waals surface area contributed by atoms with Crippen molar-refractivity contribution < 1.29 is 0 Å². The Morgan fingerprint density at radius 3 is 1.85 bits per heavy atom. The first kappa shape index (κ1) is 13.8. The summed E-state index contributed by atoms with van der Waals surface area (Å²) in [6.45, 7) is 4.60. The molecule has 0 heterocycles. The summed E-state index contributed by atoms with van der Waals surface area (Å²) >= 11 is 0.112. The second-order valence-corrected chi connectivity index (χ2v) is 8.15. The molecule has 0 rings (SSSR count). The number of unbranched alkanes of at least 4 members (excludes halogenated alkanes) is 6. The Hall–Kier alpha value is 0.799. The van der Waals surface area contributed by atoms with Crippen molar-refractivity contribution in [3.8, 4) is 0 Å². The van der Waals surface area contributed by atoms with Gasteiger partial charge >= 0.3 is 95.2 Å². The molecule has 0 aromatic rings. The molecule has 0 saturated heterocycles. The van der Waals surface area contributed by atoms with E-state index < -0.39 is 0 Å². The molecule has 0 spiro atoms. The Labute approximate surface area is 95.1 Å². The quantitative estimate of drug-likeness (QED) is 0.404. The summed E-state index contributed by atoms with van der Waals surface area (Å²) < 4.78 is 3.28. The normalized spacial score (nSPS) is 10.6. The molecule has 0 aromatic carbocycles. The Balaban J connectivity index is 2.76. The molecule has 0 unspecified atom stereocenters. The standard InChI is InChI=1S/C8H17.C4H9.Sn/c1-3-5-7-8-6-4-2;1-3-4-2;/h1,3-8H2,2H3;1,3-4H2,2H3;. The summed E-state index contributed by atoms with van der Waals surface area (Å²) in [5, 5.41) is 0. The molecule has 0 aromatic heterocycles. The fourth-order valence-electron chi connectivity index (χ4n) is 1.46. The zero-order valence-electron chi connectivity index (χ0n) is 9.57. The monoisotopic (exact) mass is 290 g/mol. The van der Waals surface area contributed by atoms with E-state index in [0.29, 0.717) is 0 Å². The van der Waals surface area contributed by atoms with Crippen LogP contribution in [-0.4, -0.2) is 21.1 Å². The summed E-state index contributed by atoms with van der Waals surface area (Å²) in [7, 11) is 0. The van der Waals surface area contributed by atoms with Crippen molar-refractivity contribution in [3.63, 3.8) is 0 Å². The molecule has 0 saturated carbocycles. The second kappa shape index (κ2) is 12.8. The number of hydrogen-bond acceptors (Lipinski definition) is 0. The SMILES string of the molecule is CCCCCCC[CH2][Sn][CH2]CCC. The molecule has 0 aliphatic rings. The molecule has 0 amide bonds. The van der Waals surface area contributed by atoms with E-state index in [-0.39, 0.29) is 21.1 Å². The third-order valence-electron chi connectivity index (χ3n) is 2.41. The van der Waals surface area contributed by atoms with Gasteiger partial charge < -0.3 is 0 Å². The molecule has 2 radical (unpaired) electrons. The van der Waals surface area contributed by atoms with Crippen LogP contribution >= 0.6 is 0 Å². The molecule has 0 N–H and O–H groups in total. The van der Waals surface area contributed by atoms with Crippen molar-refractivity contribution >= 4 is 21.1 Å². The molecular formula is C12H26Sn. The molecule has 0 atom stereocenters. The molecule has 0 aliphatic carbocycles. The van der Waals surface area contributed by atoms with Gasteiger partial charge in [0.25, 0.3) is 0 Å². The van der Waals surface area contributed by atoms with Gasteiger partial charge in [-0.3, -0.25) is 0 Å². The zero-order chi connectivity index (χ0) is 9.78. The van der Waals surface area contributed by atoms with Gasteiger partial charge in [-0.15, -0.1) is 0 Å². The predicted molar refractivity (Wildman–Crippen MR) is 63.7 cm³/mol. The molecule has 0 bridgehead atoms. The van der Waals surface area contributed by atoms with Crippen molar-refractivity contribution in [1.82, 2.24) is 0 Å². The Morgan fingerprint density at radius 2 is 1.15 bits per heavy atom. The van der Waals surface area contributed by atoms with E-state index in [2.05, 4.69) is 13.8 Å². The van der Waals surface area contributed by atoms with Crippen LogP contribution < -0.4 is 0 Å². The van der Waals surface area contributed by atoms with Crippen LogP contribution in [-0.2, 0) is 0 Å². The van der Waals surface area contributed by atoms with Gasteiger partial charge in [0.05, 0.1) is 0 Å². The summed E-state index contributed by atoms with van der Waals surface area (Å²) in [6, 6.07) is 0. The summed E-state index contributed by atoms with van der Waals surface area (Å²) in [5.41, 5.74) is 0. The van der Waals surface area contributed by atoms with Gasteiger partial charge in [-0.1, -0.05) is 0 Å². The summed E-state index contributed by atoms with van der Waals surface area (Å²) in [5.74, 6) is 0. The van der Waals surface area contributed by atoms with Crippen LogP contribution in [0.5, 0.6) is 0 Å². The van der Waals surface area contributed by atoms with Gasteiger partial charge in [0.15, 0.2) is 0 Å². The minimum absolute atomic E-state index is 0.112. The first-order valence-electron chi connectivity index (χ1n) is 6.12. The fraction of sp³-hybridized carbons (Fsp3) is 1.00. The molecule has 0 aliphatic heterocycles. The van der Waals surface area contributed by atoms with Crippen LogP contribution in [0.1, 0.15) is 65.2 Å². The topological polar surface area (TPSA) is 0 Å². The van der Waals surface area contributed by atoms with Crippen molar-refractivity contribution in [2.75, 3.05) is 0 Å². The summed E-state index contributed by atoms with van der Waals surface area (Å²) in [4.78, 5) is 0. The number of rotatable bonds is 10. The van der Waals surface area contributed by atoms with E-state index in [0.717, 1.165) is 0 Å². The molecular weight excluding hydrogens is 263 g/mol. The van der Waals surface area contributed by atoms with Crippen molar-refractivity contribution in [3.05, 3.63) is 0 Å². The predicted octanol–water partition coefficient (Wildman–Crippen LogP) is 4.69. The molecule has 1 heteroatoms. The van der Waals surface area contributed by atoms with Gasteiger partial charge in [-0.05, 0) is 0 Å². The Kier molecular flexibility index (Phi) is 13.6. The summed E-state index contributed by atoms with van der Waals surface area (Å²) in [6.07, 6.45) is 11.8. The van der Waals surface area contributed by atoms with E-state index >= 15 is 0 Å². The van der Waals surface area contributed by atoms with E-state index in [9.17, 15) is 0 Å². The molecule has 78 valence electrons. The Bertz CT molecular complexity index is 71.2. The second-order valence-electron chi connectivity index (χ2n) is 3.87. The first-order valence-corrected chi connectivity index (χ1v) is 10.2. The minimum atomic E-state index is 0.112. The fourth-order valence-corrected chi connectivity index (χ4v) is 5.32. The van der Waals surface area contributed by atoms with E-state index in [1.807, 2.05) is 0 Å². The van der Waals surface area contributed by atoms with E-state index in [1.54, 1.807) is 15.3 Å². The van der Waals surface area contributed by atoms with E-state index in [1.165, 1.54) is 44.9 Å². The van der Waals surface area contributed by atoms with Crippen molar-refractivity contribution in [1.29, 1.82) is 0 Å². The third-order valence-corrected chi connectivity index (χ3v) is 6.45. The van der Waals surface area contributed by atoms with Crippen LogP contribution in [0.3, 0.4) is 0 Å². The van der Waals surface area contributed by atoms with Crippen molar-refractivity contribution in [2.45, 2.75) is 74.1 Å². The average molecular weight is 289 g/mol. The zero-order valence-corrected chi connectivity index (χ0v) is 12.4. The molecule has 0 nitrogen and oxygen atoms in total. The van der Waals surface area contributed by atoms with Crippen molar-refractivity contribution in [2.24, 2.45) is 0 Å². The van der Waals surface area contributed by atoms with Crippen LogP contribution in [0.25, 0.3) is 0 Å². The molecule has 13 heavy (non-hydrogen) atoms. The third kappa shape index (κ3) is 12.8. The van der Waals surface area contributed by atoms with Gasteiger partial charge in [-0.25, -0.2) is 0 Å². The van der Waals surface area contributed by atoms with Gasteiger partial charge in [0.2, 0.25) is 0 Å². The Morgan fingerprint density at radius 1 is 0.615 bits per heavy atom. The van der Waals surface area contributed by atoms with Crippen LogP contribution in [0.4, 0.5) is 0 Å². The van der Waals surface area contributed by atoms with Gasteiger partial charge in [0.1, 0.15) is 0 Å². The van der Waals surface area contributed by atoms with Gasteiger partial charge in [-0.2, -0.15) is 0 Å². The molecule has 0 fully saturated rings. The van der Waals surface area contributed by atoms with Crippen LogP contribution in [0.2, 0.25) is 8.87 Å². The maximum atomic E-state index is 2.31. The van der Waals surface area contributed by atoms with Crippen LogP contribution in [0.15, 0.2) is 0 Å².